The molecular weight excluding hydrogens is 288 g/mol. The van der Waals surface area contributed by atoms with Gasteiger partial charge in [-0.05, 0) is 19.8 Å². The van der Waals surface area contributed by atoms with Gasteiger partial charge in [-0.15, -0.1) is 11.6 Å². The molecule has 1 unspecified atom stereocenters. The molecule has 1 atom stereocenters. The monoisotopic (exact) mass is 308 g/mol. The van der Waals surface area contributed by atoms with Gasteiger partial charge in [0.15, 0.2) is 9.84 Å². The number of rotatable bonds is 2. The lowest BCUT2D eigenvalue weighted by atomic mass is 10.0. The first-order valence-electron chi connectivity index (χ1n) is 6.76. The molecule has 7 heteroatoms. The van der Waals surface area contributed by atoms with E-state index < -0.39 is 15.2 Å². The summed E-state index contributed by atoms with van der Waals surface area (Å²) in [6, 6.07) is 0.408. The summed E-state index contributed by atoms with van der Waals surface area (Å²) in [5, 5.41) is -0.461. The van der Waals surface area contributed by atoms with Gasteiger partial charge in [0.25, 0.3) is 0 Å². The average molecular weight is 309 g/mol. The van der Waals surface area contributed by atoms with Crippen LogP contribution in [0.4, 0.5) is 0 Å². The SMILES string of the molecule is CC(Cl)C(=O)N1CCC(N2CCS(=O)(=O)CC2)CC1. The number of likely N-dealkylation sites (tertiary alicyclic amines) is 1. The van der Waals surface area contributed by atoms with Gasteiger partial charge in [-0.3, -0.25) is 9.69 Å². The third kappa shape index (κ3) is 3.83. The molecule has 1 amide bonds. The average Bonchev–Trinajstić information content (AvgIpc) is 2.38. The van der Waals surface area contributed by atoms with E-state index >= 15 is 0 Å². The number of carbonyl (C=O) groups excluding carboxylic acids is 1. The van der Waals surface area contributed by atoms with Crippen molar-refractivity contribution in [3.05, 3.63) is 0 Å². The molecule has 0 aromatic heterocycles. The van der Waals surface area contributed by atoms with Gasteiger partial charge in [-0.2, -0.15) is 0 Å². The number of hydrogen-bond donors (Lipinski definition) is 0. The number of alkyl halides is 1. The standard InChI is InChI=1S/C12H21ClN2O3S/c1-10(13)12(16)15-4-2-11(3-5-15)14-6-8-19(17,18)9-7-14/h10-11H,2-9H2,1H3. The molecule has 2 aliphatic rings. The minimum absolute atomic E-state index is 0.00124. The maximum Gasteiger partial charge on any atom is 0.240 e. The fourth-order valence-corrected chi connectivity index (χ4v) is 4.16. The van der Waals surface area contributed by atoms with Crippen LogP contribution >= 0.6 is 11.6 Å². The number of nitrogens with zero attached hydrogens (tertiary/aromatic N) is 2. The molecule has 0 aromatic carbocycles. The van der Waals surface area contributed by atoms with E-state index in [9.17, 15) is 13.2 Å². The summed E-state index contributed by atoms with van der Waals surface area (Å²) in [6.45, 7) is 4.42. The molecule has 0 spiro atoms. The third-order valence-electron chi connectivity index (χ3n) is 4.01. The van der Waals surface area contributed by atoms with Crippen molar-refractivity contribution in [2.45, 2.75) is 31.2 Å². The Morgan fingerprint density at radius 2 is 1.68 bits per heavy atom. The molecule has 2 heterocycles. The third-order valence-corrected chi connectivity index (χ3v) is 5.81. The Morgan fingerprint density at radius 1 is 1.16 bits per heavy atom. The molecule has 5 nitrogen and oxygen atoms in total. The van der Waals surface area contributed by atoms with Crippen LogP contribution in [0.1, 0.15) is 19.8 Å². The van der Waals surface area contributed by atoms with E-state index in [0.29, 0.717) is 19.1 Å². The zero-order chi connectivity index (χ0) is 14.0. The Balaban J connectivity index is 1.82. The van der Waals surface area contributed by atoms with Crippen LogP contribution in [-0.2, 0) is 14.6 Å². The fraction of sp³-hybridized carbons (Fsp3) is 0.917. The summed E-state index contributed by atoms with van der Waals surface area (Å²) >= 11 is 5.81. The molecular formula is C12H21ClN2O3S. The van der Waals surface area contributed by atoms with Crippen molar-refractivity contribution in [1.82, 2.24) is 9.80 Å². The van der Waals surface area contributed by atoms with E-state index in [1.165, 1.54) is 0 Å². The molecule has 0 radical (unpaired) electrons. The second-order valence-corrected chi connectivity index (χ2v) is 8.32. The van der Waals surface area contributed by atoms with Crippen LogP contribution < -0.4 is 0 Å². The number of halogens is 1. The van der Waals surface area contributed by atoms with Crippen molar-refractivity contribution in [2.75, 3.05) is 37.7 Å². The van der Waals surface area contributed by atoms with Crippen LogP contribution in [0.5, 0.6) is 0 Å². The van der Waals surface area contributed by atoms with Crippen molar-refractivity contribution in [1.29, 1.82) is 0 Å². The molecule has 19 heavy (non-hydrogen) atoms. The smallest absolute Gasteiger partial charge is 0.240 e. The largest absolute Gasteiger partial charge is 0.341 e. The minimum atomic E-state index is -2.81. The molecule has 2 saturated heterocycles. The Kier molecular flexibility index (Phi) is 4.74. The zero-order valence-corrected chi connectivity index (χ0v) is 12.8. The Labute approximate surface area is 119 Å². The molecule has 0 bridgehead atoms. The van der Waals surface area contributed by atoms with Gasteiger partial charge >= 0.3 is 0 Å². The van der Waals surface area contributed by atoms with Gasteiger partial charge < -0.3 is 4.90 Å². The maximum atomic E-state index is 11.8. The molecule has 2 aliphatic heterocycles. The summed E-state index contributed by atoms with van der Waals surface area (Å²) in [5.74, 6) is 0.539. The van der Waals surface area contributed by atoms with Gasteiger partial charge in [-0.1, -0.05) is 0 Å². The highest BCUT2D eigenvalue weighted by Gasteiger charge is 2.31. The fourth-order valence-electron chi connectivity index (χ4n) is 2.79. The number of piperidine rings is 1. The van der Waals surface area contributed by atoms with Gasteiger partial charge in [0.1, 0.15) is 5.38 Å². The lowest BCUT2D eigenvalue weighted by Gasteiger charge is -2.40. The summed E-state index contributed by atoms with van der Waals surface area (Å²) < 4.78 is 22.8. The molecule has 2 rings (SSSR count). The van der Waals surface area contributed by atoms with Crippen molar-refractivity contribution >= 4 is 27.3 Å². The maximum absolute atomic E-state index is 11.8. The zero-order valence-electron chi connectivity index (χ0n) is 11.2. The van der Waals surface area contributed by atoms with Crippen LogP contribution in [0.2, 0.25) is 0 Å². The lowest BCUT2D eigenvalue weighted by molar-refractivity contribution is -0.132. The van der Waals surface area contributed by atoms with Gasteiger partial charge in [-0.25, -0.2) is 8.42 Å². The van der Waals surface area contributed by atoms with Crippen LogP contribution in [0, 0.1) is 0 Å². The molecule has 2 fully saturated rings. The summed E-state index contributed by atoms with van der Waals surface area (Å²) in [7, 11) is -2.81. The van der Waals surface area contributed by atoms with Crippen molar-refractivity contribution in [3.63, 3.8) is 0 Å². The Morgan fingerprint density at radius 3 is 2.16 bits per heavy atom. The van der Waals surface area contributed by atoms with Crippen LogP contribution in [-0.4, -0.2) is 73.2 Å². The second-order valence-electron chi connectivity index (χ2n) is 5.36. The number of amides is 1. The normalized spacial score (nSPS) is 27.2. The van der Waals surface area contributed by atoms with Gasteiger partial charge in [0.2, 0.25) is 5.91 Å². The highest BCUT2D eigenvalue weighted by molar-refractivity contribution is 7.91. The number of sulfone groups is 1. The van der Waals surface area contributed by atoms with Crippen LogP contribution in [0.15, 0.2) is 0 Å². The highest BCUT2D eigenvalue weighted by atomic mass is 35.5. The van der Waals surface area contributed by atoms with E-state index in [1.807, 2.05) is 4.90 Å². The van der Waals surface area contributed by atoms with Crippen molar-refractivity contribution in [2.24, 2.45) is 0 Å². The van der Waals surface area contributed by atoms with E-state index in [4.69, 9.17) is 11.6 Å². The van der Waals surface area contributed by atoms with Gasteiger partial charge in [0.05, 0.1) is 11.5 Å². The first-order valence-corrected chi connectivity index (χ1v) is 9.02. The second kappa shape index (κ2) is 5.97. The highest BCUT2D eigenvalue weighted by Crippen LogP contribution is 2.20. The van der Waals surface area contributed by atoms with Gasteiger partial charge in [0, 0.05) is 32.2 Å². The van der Waals surface area contributed by atoms with E-state index in [-0.39, 0.29) is 17.4 Å². The van der Waals surface area contributed by atoms with Crippen molar-refractivity contribution in [3.8, 4) is 0 Å². The minimum Gasteiger partial charge on any atom is -0.341 e. The molecule has 0 aliphatic carbocycles. The van der Waals surface area contributed by atoms with E-state index in [2.05, 4.69) is 4.90 Å². The quantitative estimate of drug-likeness (QED) is 0.690. The van der Waals surface area contributed by atoms with Crippen molar-refractivity contribution < 1.29 is 13.2 Å². The Hall–Kier alpha value is -0.330. The van der Waals surface area contributed by atoms with E-state index in [1.54, 1.807) is 6.92 Å². The summed E-state index contributed by atoms with van der Waals surface area (Å²) in [6.07, 6.45) is 1.82. The van der Waals surface area contributed by atoms with Crippen LogP contribution in [0.25, 0.3) is 0 Å². The molecule has 0 aromatic rings. The topological polar surface area (TPSA) is 57.7 Å². The first-order chi connectivity index (χ1) is 8.89. The molecule has 0 saturated carbocycles. The molecule has 0 N–H and O–H groups in total. The van der Waals surface area contributed by atoms with Crippen LogP contribution in [0.3, 0.4) is 0 Å². The first kappa shape index (κ1) is 15.1. The predicted molar refractivity (Wildman–Crippen MR) is 75.1 cm³/mol. The summed E-state index contributed by atoms with van der Waals surface area (Å²) in [4.78, 5) is 15.8. The summed E-state index contributed by atoms with van der Waals surface area (Å²) in [5.41, 5.74) is 0. The lowest BCUT2D eigenvalue weighted by Crippen LogP contribution is -2.52. The van der Waals surface area contributed by atoms with E-state index in [0.717, 1.165) is 25.9 Å². The number of hydrogen-bond acceptors (Lipinski definition) is 4. The predicted octanol–water partition coefficient (Wildman–Crippen LogP) is 0.335. The molecule has 110 valence electrons. The Bertz CT molecular complexity index is 416. The number of carbonyl (C=O) groups is 1.